The zero-order chi connectivity index (χ0) is 23.5. The monoisotopic (exact) mass is 473 g/mol. The van der Waals surface area contributed by atoms with Crippen molar-refractivity contribution < 1.29 is 14.3 Å². The molecule has 34 heavy (non-hydrogen) atoms. The Morgan fingerprint density at radius 2 is 1.71 bits per heavy atom. The number of nitrogens with one attached hydrogen (secondary N) is 2. The van der Waals surface area contributed by atoms with Gasteiger partial charge in [0.15, 0.2) is 5.82 Å². The average Bonchev–Trinajstić information content (AvgIpc) is 3.31. The Balaban J connectivity index is 1.50. The van der Waals surface area contributed by atoms with Gasteiger partial charge in [0.25, 0.3) is 0 Å². The molecule has 5 rings (SSSR count). The molecule has 1 aliphatic heterocycles. The van der Waals surface area contributed by atoms with Crippen LogP contribution in [0.3, 0.4) is 0 Å². The van der Waals surface area contributed by atoms with E-state index in [2.05, 4.69) is 20.9 Å². The number of anilines is 1. The van der Waals surface area contributed by atoms with Gasteiger partial charge in [-0.3, -0.25) is 4.79 Å². The number of carbonyl (C=O) groups is 1. The van der Waals surface area contributed by atoms with Crippen LogP contribution in [0.5, 0.6) is 11.5 Å². The molecule has 0 fully saturated rings. The van der Waals surface area contributed by atoms with Crippen molar-refractivity contribution in [1.82, 2.24) is 14.9 Å². The molecular weight excluding hydrogens is 450 g/mol. The van der Waals surface area contributed by atoms with Gasteiger partial charge < -0.3 is 20.2 Å². The summed E-state index contributed by atoms with van der Waals surface area (Å²) in [6, 6.07) is 24.5. The first kappa shape index (κ1) is 21.8. The van der Waals surface area contributed by atoms with Crippen molar-refractivity contribution in [2.75, 3.05) is 25.0 Å². The maximum Gasteiger partial charge on any atom is 0.240 e. The molecule has 1 amide bonds. The van der Waals surface area contributed by atoms with E-state index >= 15 is 0 Å². The van der Waals surface area contributed by atoms with E-state index in [0.717, 1.165) is 16.9 Å². The normalized spacial score (nSPS) is 16.8. The predicted octanol–water partition coefficient (Wildman–Crippen LogP) is 4.36. The Morgan fingerprint density at radius 1 is 0.941 bits per heavy atom. The van der Waals surface area contributed by atoms with E-state index < -0.39 is 5.25 Å². The van der Waals surface area contributed by atoms with Crippen molar-refractivity contribution in [3.8, 4) is 22.9 Å². The van der Waals surface area contributed by atoms with Crippen molar-refractivity contribution in [1.29, 1.82) is 0 Å². The molecular formula is C25H23N5O3S. The van der Waals surface area contributed by atoms with Gasteiger partial charge >= 0.3 is 0 Å². The largest absolute Gasteiger partial charge is 0.497 e. The van der Waals surface area contributed by atoms with E-state index in [1.54, 1.807) is 20.3 Å². The van der Waals surface area contributed by atoms with Gasteiger partial charge in [-0.25, -0.2) is 4.68 Å². The summed E-state index contributed by atoms with van der Waals surface area (Å²) in [6.45, 7) is 0. The van der Waals surface area contributed by atoms with E-state index in [0.29, 0.717) is 22.4 Å². The third kappa shape index (κ3) is 4.29. The SMILES string of the molecule is COc1ccc(C2Nn3c(nnc3-c3ccccc3)SC2C(=O)Nc2cccc(OC)c2)cc1. The van der Waals surface area contributed by atoms with Crippen LogP contribution in [-0.2, 0) is 4.79 Å². The Hall–Kier alpha value is -3.98. The lowest BCUT2D eigenvalue weighted by Gasteiger charge is -2.33. The Morgan fingerprint density at radius 3 is 2.44 bits per heavy atom. The van der Waals surface area contributed by atoms with Crippen molar-refractivity contribution in [2.45, 2.75) is 16.4 Å². The van der Waals surface area contributed by atoms with Crippen LogP contribution in [0.2, 0.25) is 0 Å². The summed E-state index contributed by atoms with van der Waals surface area (Å²) in [4.78, 5) is 13.5. The van der Waals surface area contributed by atoms with Gasteiger partial charge in [-0.05, 0) is 29.8 Å². The molecule has 1 aliphatic rings. The van der Waals surface area contributed by atoms with Crippen LogP contribution in [0.25, 0.3) is 11.4 Å². The lowest BCUT2D eigenvalue weighted by Crippen LogP contribution is -2.41. The molecule has 0 saturated heterocycles. The quantitative estimate of drug-likeness (QED) is 0.430. The van der Waals surface area contributed by atoms with Gasteiger partial charge in [0, 0.05) is 17.3 Å². The minimum atomic E-state index is -0.500. The number of methoxy groups -OCH3 is 2. The van der Waals surface area contributed by atoms with Gasteiger partial charge in [-0.1, -0.05) is 60.3 Å². The zero-order valence-electron chi connectivity index (χ0n) is 18.6. The highest BCUT2D eigenvalue weighted by Crippen LogP contribution is 2.39. The minimum absolute atomic E-state index is 0.151. The van der Waals surface area contributed by atoms with E-state index in [-0.39, 0.29) is 11.9 Å². The molecule has 0 radical (unpaired) electrons. The number of thioether (sulfide) groups is 1. The highest BCUT2D eigenvalue weighted by molar-refractivity contribution is 8.00. The van der Waals surface area contributed by atoms with Gasteiger partial charge in [0.1, 0.15) is 16.7 Å². The fraction of sp³-hybridized carbons (Fsp3) is 0.160. The molecule has 0 spiro atoms. The molecule has 0 bridgehead atoms. The first-order valence-corrected chi connectivity index (χ1v) is 11.6. The number of hydrogen-bond donors (Lipinski definition) is 2. The Labute approximate surface area is 201 Å². The number of rotatable bonds is 6. The summed E-state index contributed by atoms with van der Waals surface area (Å²) in [5.41, 5.74) is 6.02. The van der Waals surface area contributed by atoms with Crippen molar-refractivity contribution in [2.24, 2.45) is 0 Å². The lowest BCUT2D eigenvalue weighted by molar-refractivity contribution is -0.116. The van der Waals surface area contributed by atoms with E-state index in [1.807, 2.05) is 77.5 Å². The van der Waals surface area contributed by atoms with Gasteiger partial charge in [-0.15, -0.1) is 10.2 Å². The van der Waals surface area contributed by atoms with Gasteiger partial charge in [-0.2, -0.15) is 0 Å². The van der Waals surface area contributed by atoms with E-state index in [1.165, 1.54) is 11.8 Å². The molecule has 2 N–H and O–H groups in total. The molecule has 0 aliphatic carbocycles. The Kier molecular flexibility index (Phi) is 6.09. The van der Waals surface area contributed by atoms with Crippen LogP contribution >= 0.6 is 11.8 Å². The highest BCUT2D eigenvalue weighted by atomic mass is 32.2. The summed E-state index contributed by atoms with van der Waals surface area (Å²) in [6.07, 6.45) is 0. The number of carbonyl (C=O) groups excluding carboxylic acids is 1. The smallest absolute Gasteiger partial charge is 0.240 e. The minimum Gasteiger partial charge on any atom is -0.497 e. The first-order valence-electron chi connectivity index (χ1n) is 10.7. The molecule has 0 saturated carbocycles. The van der Waals surface area contributed by atoms with Crippen LogP contribution < -0.4 is 20.2 Å². The van der Waals surface area contributed by atoms with Crippen LogP contribution in [0.1, 0.15) is 11.6 Å². The lowest BCUT2D eigenvalue weighted by atomic mass is 10.0. The second-order valence-corrected chi connectivity index (χ2v) is 8.76. The molecule has 8 nitrogen and oxygen atoms in total. The first-order chi connectivity index (χ1) is 16.7. The summed E-state index contributed by atoms with van der Waals surface area (Å²) in [5.74, 6) is 1.96. The van der Waals surface area contributed by atoms with Crippen molar-refractivity contribution >= 4 is 23.4 Å². The Bertz CT molecular complexity index is 1290. The molecule has 1 aromatic heterocycles. The number of benzene rings is 3. The van der Waals surface area contributed by atoms with E-state index in [4.69, 9.17) is 9.47 Å². The fourth-order valence-corrected chi connectivity index (χ4v) is 4.88. The molecule has 3 aromatic carbocycles. The standard InChI is InChI=1S/C25H23N5O3S/c1-32-19-13-11-16(12-14-19)21-22(24(31)26-18-9-6-10-20(15-18)33-2)34-25-28-27-23(30(25)29-21)17-7-4-3-5-8-17/h3-15,21-22,29H,1-2H3,(H,26,31). The summed E-state index contributed by atoms with van der Waals surface area (Å²) in [5, 5.41) is 11.9. The second-order valence-electron chi connectivity index (χ2n) is 7.65. The molecule has 9 heteroatoms. The molecule has 2 atom stereocenters. The third-order valence-electron chi connectivity index (χ3n) is 5.54. The summed E-state index contributed by atoms with van der Waals surface area (Å²) < 4.78 is 12.4. The van der Waals surface area contributed by atoms with Crippen LogP contribution in [-0.4, -0.2) is 40.3 Å². The molecule has 172 valence electrons. The van der Waals surface area contributed by atoms with Crippen molar-refractivity contribution in [3.63, 3.8) is 0 Å². The van der Waals surface area contributed by atoms with Crippen molar-refractivity contribution in [3.05, 3.63) is 84.4 Å². The van der Waals surface area contributed by atoms with Crippen LogP contribution in [0.4, 0.5) is 5.69 Å². The van der Waals surface area contributed by atoms with Gasteiger partial charge in [0.2, 0.25) is 11.1 Å². The number of nitrogens with zero attached hydrogens (tertiary/aromatic N) is 3. The molecule has 2 unspecified atom stereocenters. The zero-order valence-corrected chi connectivity index (χ0v) is 19.5. The third-order valence-corrected chi connectivity index (χ3v) is 6.75. The summed E-state index contributed by atoms with van der Waals surface area (Å²) in [7, 11) is 3.22. The topological polar surface area (TPSA) is 90.3 Å². The second kappa shape index (κ2) is 9.48. The maximum atomic E-state index is 13.5. The van der Waals surface area contributed by atoms with Gasteiger partial charge in [0.05, 0.1) is 20.3 Å². The predicted molar refractivity (Wildman–Crippen MR) is 132 cm³/mol. The average molecular weight is 474 g/mol. The molecule has 4 aromatic rings. The number of amides is 1. The number of ether oxygens (including phenoxy) is 2. The number of hydrogen-bond acceptors (Lipinski definition) is 7. The van der Waals surface area contributed by atoms with Crippen LogP contribution in [0, 0.1) is 0 Å². The number of fused-ring (bicyclic) bond motifs is 1. The highest BCUT2D eigenvalue weighted by Gasteiger charge is 2.38. The fourth-order valence-electron chi connectivity index (χ4n) is 3.80. The number of aromatic nitrogens is 3. The maximum absolute atomic E-state index is 13.5. The molecule has 2 heterocycles. The summed E-state index contributed by atoms with van der Waals surface area (Å²) >= 11 is 1.38. The van der Waals surface area contributed by atoms with E-state index in [9.17, 15) is 4.79 Å². The van der Waals surface area contributed by atoms with Crippen LogP contribution in [0.15, 0.2) is 84.0 Å².